The van der Waals surface area contributed by atoms with Crippen molar-refractivity contribution >= 4 is 11.9 Å². The third-order valence-electron chi connectivity index (χ3n) is 5.23. The van der Waals surface area contributed by atoms with E-state index in [-0.39, 0.29) is 17.8 Å². The van der Waals surface area contributed by atoms with Gasteiger partial charge >= 0.3 is 0 Å². The molecular formula is C15H24N4O4. The number of guanidine groups is 1. The number of carbonyl (C=O) groups excluding carboxylic acids is 1. The molecule has 1 amide bonds. The van der Waals surface area contributed by atoms with Crippen LogP contribution in [0.3, 0.4) is 0 Å². The minimum atomic E-state index is -0.697. The maximum atomic E-state index is 12.7. The van der Waals surface area contributed by atoms with Crippen LogP contribution in [0.1, 0.15) is 32.6 Å². The lowest BCUT2D eigenvalue weighted by Gasteiger charge is -2.24. The zero-order valence-electron chi connectivity index (χ0n) is 13.5. The van der Waals surface area contributed by atoms with Crippen LogP contribution < -0.4 is 0 Å². The first-order valence-electron chi connectivity index (χ1n) is 8.43. The summed E-state index contributed by atoms with van der Waals surface area (Å²) < 4.78 is 5.47. The second-order valence-electron chi connectivity index (χ2n) is 6.83. The Balaban J connectivity index is 1.73. The smallest absolute Gasteiger partial charge is 0.280 e. The first kappa shape index (κ1) is 16.2. The van der Waals surface area contributed by atoms with Crippen molar-refractivity contribution in [3.8, 4) is 0 Å². The number of carbonyl (C=O) groups is 1. The summed E-state index contributed by atoms with van der Waals surface area (Å²) >= 11 is 0. The zero-order chi connectivity index (χ0) is 16.4. The Morgan fingerprint density at radius 2 is 2.09 bits per heavy atom. The minimum absolute atomic E-state index is 0.000594. The molecule has 2 unspecified atom stereocenters. The molecule has 2 saturated heterocycles. The van der Waals surface area contributed by atoms with Crippen molar-refractivity contribution in [2.75, 3.05) is 32.8 Å². The van der Waals surface area contributed by atoms with Gasteiger partial charge in [0.15, 0.2) is 5.03 Å². The van der Waals surface area contributed by atoms with Crippen molar-refractivity contribution < 1.29 is 14.6 Å². The highest BCUT2D eigenvalue weighted by atomic mass is 16.7. The maximum Gasteiger partial charge on any atom is 0.280 e. The Hall–Kier alpha value is -1.70. The number of hydrazone groups is 1. The molecule has 3 rings (SSSR count). The van der Waals surface area contributed by atoms with Gasteiger partial charge in [0.25, 0.3) is 5.96 Å². The number of nitrogens with zero attached hydrogens (tertiary/aromatic N) is 4. The molecule has 8 heteroatoms. The molecule has 0 bridgehead atoms. The van der Waals surface area contributed by atoms with Gasteiger partial charge in [0.2, 0.25) is 5.91 Å². The van der Waals surface area contributed by atoms with Gasteiger partial charge in [-0.2, -0.15) is 0 Å². The molecule has 3 aliphatic rings. The second kappa shape index (κ2) is 6.82. The molecular weight excluding hydrogens is 300 g/mol. The Morgan fingerprint density at radius 3 is 2.70 bits per heavy atom. The fraction of sp³-hybridized carbons (Fsp3) is 0.867. The quantitative estimate of drug-likeness (QED) is 0.572. The van der Waals surface area contributed by atoms with Gasteiger partial charge in [0.1, 0.15) is 5.10 Å². The first-order chi connectivity index (χ1) is 11.1. The average Bonchev–Trinajstić information content (AvgIpc) is 3.22. The van der Waals surface area contributed by atoms with Crippen LogP contribution in [0.15, 0.2) is 5.10 Å². The van der Waals surface area contributed by atoms with E-state index in [4.69, 9.17) is 4.74 Å². The molecule has 0 aromatic carbocycles. The number of amides is 1. The van der Waals surface area contributed by atoms with Crippen molar-refractivity contribution in [1.29, 1.82) is 0 Å². The van der Waals surface area contributed by atoms with Crippen molar-refractivity contribution in [2.24, 2.45) is 22.9 Å². The Kier molecular flexibility index (Phi) is 4.79. The summed E-state index contributed by atoms with van der Waals surface area (Å²) in [5.74, 6) is 0.966. The molecule has 2 atom stereocenters. The van der Waals surface area contributed by atoms with Gasteiger partial charge in [-0.15, -0.1) is 0 Å². The molecule has 1 aliphatic carbocycles. The standard InChI is InChI=1S/C15H24N4O4/c1-11-9-23-10-13(11)8-17-6-7-18(15(17)16-19(21)22)14(20)12-4-2-3-5-12/h11-13H,2-10H2,1H3. The molecule has 23 heavy (non-hydrogen) atoms. The molecule has 0 radical (unpaired) electrons. The maximum absolute atomic E-state index is 12.7. The van der Waals surface area contributed by atoms with E-state index in [0.29, 0.717) is 38.1 Å². The molecule has 0 aromatic heterocycles. The van der Waals surface area contributed by atoms with E-state index in [1.807, 2.05) is 4.90 Å². The molecule has 0 aromatic rings. The van der Waals surface area contributed by atoms with Crippen LogP contribution in [0.25, 0.3) is 0 Å². The van der Waals surface area contributed by atoms with Crippen LogP contribution in [-0.4, -0.2) is 59.5 Å². The van der Waals surface area contributed by atoms with Crippen molar-refractivity contribution in [3.63, 3.8) is 0 Å². The monoisotopic (exact) mass is 324 g/mol. The third kappa shape index (κ3) is 3.46. The number of hydrogen-bond donors (Lipinski definition) is 0. The van der Waals surface area contributed by atoms with E-state index in [9.17, 15) is 14.9 Å². The van der Waals surface area contributed by atoms with E-state index in [2.05, 4.69) is 12.0 Å². The highest BCUT2D eigenvalue weighted by Gasteiger charge is 2.39. The molecule has 8 nitrogen and oxygen atoms in total. The van der Waals surface area contributed by atoms with Crippen LogP contribution in [-0.2, 0) is 9.53 Å². The fourth-order valence-electron chi connectivity index (χ4n) is 3.78. The molecule has 1 saturated carbocycles. The van der Waals surface area contributed by atoms with Crippen molar-refractivity contribution in [1.82, 2.24) is 9.80 Å². The Labute approximate surface area is 135 Å². The highest BCUT2D eigenvalue weighted by molar-refractivity contribution is 5.99. The predicted octanol–water partition coefficient (Wildman–Crippen LogP) is 1.15. The van der Waals surface area contributed by atoms with Gasteiger partial charge in [0.05, 0.1) is 6.61 Å². The molecule has 0 N–H and O–H groups in total. The normalized spacial score (nSPS) is 30.6. The Morgan fingerprint density at radius 1 is 1.35 bits per heavy atom. The van der Waals surface area contributed by atoms with Gasteiger partial charge < -0.3 is 9.64 Å². The van der Waals surface area contributed by atoms with Gasteiger partial charge in [-0.05, 0) is 18.8 Å². The minimum Gasteiger partial charge on any atom is -0.381 e. The summed E-state index contributed by atoms with van der Waals surface area (Å²) in [6, 6.07) is 0. The van der Waals surface area contributed by atoms with E-state index < -0.39 is 5.03 Å². The van der Waals surface area contributed by atoms with Crippen LogP contribution in [0.2, 0.25) is 0 Å². The summed E-state index contributed by atoms with van der Waals surface area (Å²) in [4.78, 5) is 27.0. The average molecular weight is 324 g/mol. The van der Waals surface area contributed by atoms with E-state index in [0.717, 1.165) is 32.3 Å². The van der Waals surface area contributed by atoms with Crippen LogP contribution >= 0.6 is 0 Å². The van der Waals surface area contributed by atoms with Gasteiger partial charge in [-0.25, -0.2) is 10.1 Å². The number of nitro groups is 1. The first-order valence-corrected chi connectivity index (χ1v) is 8.43. The van der Waals surface area contributed by atoms with E-state index in [1.165, 1.54) is 4.90 Å². The predicted molar refractivity (Wildman–Crippen MR) is 83.1 cm³/mol. The molecule has 3 fully saturated rings. The van der Waals surface area contributed by atoms with Crippen molar-refractivity contribution in [3.05, 3.63) is 10.1 Å². The number of rotatable bonds is 4. The van der Waals surface area contributed by atoms with Gasteiger partial charge in [-0.1, -0.05) is 19.8 Å². The number of hydrogen-bond acceptors (Lipinski definition) is 4. The van der Waals surface area contributed by atoms with Crippen molar-refractivity contribution in [2.45, 2.75) is 32.6 Å². The summed E-state index contributed by atoms with van der Waals surface area (Å²) in [6.45, 7) is 5.27. The van der Waals surface area contributed by atoms with Crippen LogP contribution in [0.5, 0.6) is 0 Å². The second-order valence-corrected chi connectivity index (χ2v) is 6.83. The van der Waals surface area contributed by atoms with Crippen LogP contribution in [0, 0.1) is 27.9 Å². The SMILES string of the molecule is CC1COCC1CN1CCN(C(=O)C2CCCC2)C1=N[N+](=O)[O-]. The Bertz CT molecular complexity index is 504. The fourth-order valence-corrected chi connectivity index (χ4v) is 3.78. The lowest BCUT2D eigenvalue weighted by atomic mass is 9.98. The summed E-state index contributed by atoms with van der Waals surface area (Å²) in [6.07, 6.45) is 3.89. The largest absolute Gasteiger partial charge is 0.381 e. The lowest BCUT2D eigenvalue weighted by molar-refractivity contribution is -0.486. The molecule has 2 aliphatic heterocycles. The molecule has 128 valence electrons. The lowest BCUT2D eigenvalue weighted by Crippen LogP contribution is -2.42. The third-order valence-corrected chi connectivity index (χ3v) is 5.23. The topological polar surface area (TPSA) is 88.3 Å². The van der Waals surface area contributed by atoms with Crippen LogP contribution in [0.4, 0.5) is 0 Å². The molecule has 2 heterocycles. The van der Waals surface area contributed by atoms with Gasteiger partial charge in [-0.3, -0.25) is 9.69 Å². The van der Waals surface area contributed by atoms with E-state index in [1.54, 1.807) is 0 Å². The van der Waals surface area contributed by atoms with E-state index >= 15 is 0 Å². The zero-order valence-corrected chi connectivity index (χ0v) is 13.5. The van der Waals surface area contributed by atoms with Gasteiger partial charge in [0, 0.05) is 38.1 Å². The summed E-state index contributed by atoms with van der Waals surface area (Å²) in [5, 5.41) is 13.8. The molecule has 0 spiro atoms. The summed E-state index contributed by atoms with van der Waals surface area (Å²) in [5.41, 5.74) is 0. The number of ether oxygens (including phenoxy) is 1. The highest BCUT2D eigenvalue weighted by Crippen LogP contribution is 2.29. The summed E-state index contributed by atoms with van der Waals surface area (Å²) in [7, 11) is 0.